The number of hydrogen-bond donors (Lipinski definition) is 2. The van der Waals surface area contributed by atoms with Crippen molar-refractivity contribution in [2.75, 3.05) is 63.3 Å². The molecule has 0 spiro atoms. The molecular formula is C32H37ClN4O6S. The van der Waals surface area contributed by atoms with Gasteiger partial charge in [-0.2, -0.15) is 0 Å². The Labute approximate surface area is 268 Å². The number of benzene rings is 3. The largest absolute Gasteiger partial charge is 0.496 e. The fourth-order valence-corrected chi connectivity index (χ4v) is 5.18. The van der Waals surface area contributed by atoms with Crippen molar-refractivity contribution in [1.29, 1.82) is 0 Å². The van der Waals surface area contributed by atoms with Gasteiger partial charge in [0.2, 0.25) is 5.75 Å². The standard InChI is InChI=1S/C32H37ClN4O6S/c1-5-41-27-18-21(19-28(42-6-2)29(27)43-7-3)30(38)35-32(44)34-23-9-11-24(12-10-23)36-14-16-37(17-15-36)31(39)25-20-22(33)8-13-26(25)40-4/h8-13,18-20H,5-7,14-17H2,1-4H3,(H2,34,35,38,44). The van der Waals surface area contributed by atoms with E-state index >= 15 is 0 Å². The molecule has 2 N–H and O–H groups in total. The van der Waals surface area contributed by atoms with Crippen LogP contribution >= 0.6 is 23.8 Å². The number of hydrogen-bond acceptors (Lipinski definition) is 8. The number of piperazine rings is 1. The van der Waals surface area contributed by atoms with Crippen molar-refractivity contribution >= 4 is 52.1 Å². The highest BCUT2D eigenvalue weighted by atomic mass is 35.5. The number of rotatable bonds is 11. The van der Waals surface area contributed by atoms with Gasteiger partial charge in [0.15, 0.2) is 16.6 Å². The van der Waals surface area contributed by atoms with Crippen LogP contribution in [-0.2, 0) is 0 Å². The molecule has 4 rings (SSSR count). The summed E-state index contributed by atoms with van der Waals surface area (Å²) in [5.41, 5.74) is 2.52. The Kier molecular flexibility index (Phi) is 11.5. The summed E-state index contributed by atoms with van der Waals surface area (Å²) in [7, 11) is 1.54. The zero-order valence-electron chi connectivity index (χ0n) is 25.3. The average molecular weight is 641 g/mol. The first-order valence-electron chi connectivity index (χ1n) is 14.4. The van der Waals surface area contributed by atoms with Crippen LogP contribution in [0.25, 0.3) is 0 Å². The molecule has 1 aliphatic heterocycles. The van der Waals surface area contributed by atoms with Gasteiger partial charge in [-0.15, -0.1) is 0 Å². The van der Waals surface area contributed by atoms with Crippen LogP contribution in [0.2, 0.25) is 5.02 Å². The highest BCUT2D eigenvalue weighted by Crippen LogP contribution is 2.39. The number of amides is 2. The predicted octanol–water partition coefficient (Wildman–Crippen LogP) is 5.63. The number of nitrogens with zero attached hydrogens (tertiary/aromatic N) is 2. The SMILES string of the molecule is CCOc1cc(C(=O)NC(=S)Nc2ccc(N3CCN(C(=O)c4cc(Cl)ccc4OC)CC3)cc2)cc(OCC)c1OCC. The minimum Gasteiger partial charge on any atom is -0.496 e. The molecule has 0 aliphatic carbocycles. The molecule has 1 fully saturated rings. The summed E-state index contributed by atoms with van der Waals surface area (Å²) in [4.78, 5) is 30.2. The van der Waals surface area contributed by atoms with E-state index in [9.17, 15) is 9.59 Å². The third-order valence-corrected chi connectivity index (χ3v) is 7.29. The van der Waals surface area contributed by atoms with Crippen LogP contribution in [0.15, 0.2) is 54.6 Å². The van der Waals surface area contributed by atoms with E-state index in [0.29, 0.717) is 85.1 Å². The molecular weight excluding hydrogens is 604 g/mol. The quantitative estimate of drug-likeness (QED) is 0.258. The van der Waals surface area contributed by atoms with Gasteiger partial charge in [-0.05, 0) is 87.6 Å². The van der Waals surface area contributed by atoms with E-state index in [1.165, 1.54) is 7.11 Å². The molecule has 1 heterocycles. The van der Waals surface area contributed by atoms with E-state index in [-0.39, 0.29) is 11.0 Å². The Hall–Kier alpha value is -4.22. The van der Waals surface area contributed by atoms with E-state index < -0.39 is 5.91 Å². The highest BCUT2D eigenvalue weighted by molar-refractivity contribution is 7.80. The number of ether oxygens (including phenoxy) is 4. The number of methoxy groups -OCH3 is 1. The van der Waals surface area contributed by atoms with Crippen LogP contribution in [0.5, 0.6) is 23.0 Å². The van der Waals surface area contributed by atoms with Gasteiger partial charge >= 0.3 is 0 Å². The van der Waals surface area contributed by atoms with Crippen LogP contribution < -0.4 is 34.5 Å². The van der Waals surface area contributed by atoms with Gasteiger partial charge in [-0.25, -0.2) is 0 Å². The van der Waals surface area contributed by atoms with E-state index in [1.54, 1.807) is 35.2 Å². The van der Waals surface area contributed by atoms with Gasteiger partial charge in [0.05, 0.1) is 32.5 Å². The molecule has 10 nitrogen and oxygen atoms in total. The van der Waals surface area contributed by atoms with Crippen LogP contribution in [0, 0.1) is 0 Å². The number of thiocarbonyl (C=S) groups is 1. The Bertz CT molecular complexity index is 1450. The average Bonchev–Trinajstić information content (AvgIpc) is 3.02. The van der Waals surface area contributed by atoms with Crippen molar-refractivity contribution in [2.45, 2.75) is 20.8 Å². The first-order valence-corrected chi connectivity index (χ1v) is 15.2. The van der Waals surface area contributed by atoms with Crippen LogP contribution in [0.3, 0.4) is 0 Å². The van der Waals surface area contributed by atoms with Gasteiger partial charge in [-0.1, -0.05) is 11.6 Å². The number of carbonyl (C=O) groups excluding carboxylic acids is 2. The molecule has 234 valence electrons. The van der Waals surface area contributed by atoms with Gasteiger partial charge in [-0.3, -0.25) is 14.9 Å². The number of anilines is 2. The van der Waals surface area contributed by atoms with Crippen molar-refractivity contribution in [3.05, 3.63) is 70.7 Å². The summed E-state index contributed by atoms with van der Waals surface area (Å²) in [6, 6.07) is 16.0. The normalized spacial score (nSPS) is 12.8. The minimum atomic E-state index is -0.410. The third kappa shape index (κ3) is 8.03. The third-order valence-electron chi connectivity index (χ3n) is 6.85. The van der Waals surface area contributed by atoms with Gasteiger partial charge in [0, 0.05) is 48.1 Å². The summed E-state index contributed by atoms with van der Waals surface area (Å²) in [6.07, 6.45) is 0. The highest BCUT2D eigenvalue weighted by Gasteiger charge is 2.25. The molecule has 0 unspecified atom stereocenters. The molecule has 0 radical (unpaired) electrons. The van der Waals surface area contributed by atoms with Crippen molar-refractivity contribution in [1.82, 2.24) is 10.2 Å². The molecule has 0 saturated carbocycles. The second kappa shape index (κ2) is 15.5. The molecule has 3 aromatic carbocycles. The lowest BCUT2D eigenvalue weighted by Gasteiger charge is -2.36. The Morgan fingerprint density at radius 2 is 1.45 bits per heavy atom. The van der Waals surface area contributed by atoms with Gasteiger partial charge < -0.3 is 34.1 Å². The molecule has 44 heavy (non-hydrogen) atoms. The van der Waals surface area contributed by atoms with Gasteiger partial charge in [0.25, 0.3) is 11.8 Å². The number of halogens is 1. The number of nitrogens with one attached hydrogen (secondary N) is 2. The van der Waals surface area contributed by atoms with Crippen LogP contribution in [0.4, 0.5) is 11.4 Å². The lowest BCUT2D eigenvalue weighted by Crippen LogP contribution is -2.48. The molecule has 0 atom stereocenters. The summed E-state index contributed by atoms with van der Waals surface area (Å²) in [5, 5.41) is 6.41. The first-order chi connectivity index (χ1) is 21.3. The van der Waals surface area contributed by atoms with Crippen molar-refractivity contribution in [3.8, 4) is 23.0 Å². The monoisotopic (exact) mass is 640 g/mol. The second-order valence-corrected chi connectivity index (χ2v) is 10.5. The summed E-state index contributed by atoms with van der Waals surface area (Å²) >= 11 is 11.5. The lowest BCUT2D eigenvalue weighted by atomic mass is 10.1. The van der Waals surface area contributed by atoms with E-state index in [2.05, 4.69) is 15.5 Å². The fraction of sp³-hybridized carbons (Fsp3) is 0.344. The van der Waals surface area contributed by atoms with Crippen molar-refractivity contribution in [3.63, 3.8) is 0 Å². The molecule has 0 aromatic heterocycles. The predicted molar refractivity (Wildman–Crippen MR) is 176 cm³/mol. The molecule has 0 bridgehead atoms. The van der Waals surface area contributed by atoms with Crippen LogP contribution in [0.1, 0.15) is 41.5 Å². The molecule has 1 aliphatic rings. The smallest absolute Gasteiger partial charge is 0.257 e. The molecule has 2 amide bonds. The van der Waals surface area contributed by atoms with Crippen molar-refractivity contribution < 1.29 is 28.5 Å². The van der Waals surface area contributed by atoms with Crippen molar-refractivity contribution in [2.24, 2.45) is 0 Å². The second-order valence-electron chi connectivity index (χ2n) is 9.68. The Morgan fingerprint density at radius 1 is 0.841 bits per heavy atom. The maximum absolute atomic E-state index is 13.1. The Balaban J connectivity index is 1.34. The lowest BCUT2D eigenvalue weighted by molar-refractivity contribution is 0.0743. The van der Waals surface area contributed by atoms with E-state index in [0.717, 1.165) is 11.4 Å². The fourth-order valence-electron chi connectivity index (χ4n) is 4.80. The maximum atomic E-state index is 13.1. The van der Waals surface area contributed by atoms with Crippen LogP contribution in [-0.4, -0.2) is 74.9 Å². The topological polar surface area (TPSA) is 102 Å². The minimum absolute atomic E-state index is 0.104. The van der Waals surface area contributed by atoms with E-state index in [4.69, 9.17) is 42.8 Å². The molecule has 1 saturated heterocycles. The molecule has 3 aromatic rings. The summed E-state index contributed by atoms with van der Waals surface area (Å²) in [6.45, 7) is 9.27. The maximum Gasteiger partial charge on any atom is 0.257 e. The summed E-state index contributed by atoms with van der Waals surface area (Å²) in [5.74, 6) is 1.30. The van der Waals surface area contributed by atoms with E-state index in [1.807, 2.05) is 45.0 Å². The zero-order valence-corrected chi connectivity index (χ0v) is 26.8. The first kappa shape index (κ1) is 32.7. The zero-order chi connectivity index (χ0) is 31.6. The number of carbonyl (C=O) groups is 2. The Morgan fingerprint density at radius 3 is 2.02 bits per heavy atom. The molecule has 12 heteroatoms. The van der Waals surface area contributed by atoms with Gasteiger partial charge in [0.1, 0.15) is 5.75 Å². The summed E-state index contributed by atoms with van der Waals surface area (Å²) < 4.78 is 22.5.